The molecular formula is C72H129NO8P+. The van der Waals surface area contributed by atoms with Crippen molar-refractivity contribution in [3.63, 3.8) is 0 Å². The van der Waals surface area contributed by atoms with Gasteiger partial charge in [0.25, 0.3) is 0 Å². The lowest BCUT2D eigenvalue weighted by atomic mass is 10.0. The summed E-state index contributed by atoms with van der Waals surface area (Å²) >= 11 is 0. The number of carbonyl (C=O) groups excluding carboxylic acids is 2. The largest absolute Gasteiger partial charge is 0.472 e. The Hall–Kier alpha value is -3.07. The molecule has 474 valence electrons. The Morgan fingerprint density at radius 2 is 0.695 bits per heavy atom. The number of likely N-dealkylation sites (N-methyl/N-ethyl adjacent to an activating group) is 1. The Labute approximate surface area is 506 Å². The van der Waals surface area contributed by atoms with Crippen molar-refractivity contribution >= 4 is 19.8 Å². The number of hydrogen-bond acceptors (Lipinski definition) is 7. The first-order valence-electron chi connectivity index (χ1n) is 34.0. The number of esters is 2. The molecule has 0 aliphatic carbocycles. The van der Waals surface area contributed by atoms with Gasteiger partial charge in [-0.05, 0) is 77.0 Å². The van der Waals surface area contributed by atoms with Crippen LogP contribution in [0.4, 0.5) is 0 Å². The molecule has 0 aromatic heterocycles. The monoisotopic (exact) mass is 1170 g/mol. The molecule has 0 aliphatic heterocycles. The standard InChI is InChI=1S/C72H128NO8P/c1-6-8-10-12-14-16-18-20-22-24-25-26-27-28-29-30-31-32-33-34-35-36-37-38-39-40-41-42-43-44-45-46-47-49-51-53-55-57-59-61-63-65-72(75)81-70(69-80-82(76,77)79-67-66-73(3,4)5)68-78-71(74)64-62-60-58-56-54-52-50-48-23-21-19-17-15-13-11-9-7-2/h8,10,14,16,20,22,25-26,28-29,31-32,34-35,37-38,70H,6-7,9,11-13,15,17-19,21,23-24,27,30,33,36,39-69H2,1-5H3/p+1/b10-8-,16-14-,22-20-,26-25-,29-28-,32-31-,35-34-,38-37-. The second-order valence-electron chi connectivity index (χ2n) is 23.8. The summed E-state index contributed by atoms with van der Waals surface area (Å²) < 4.78 is 34.7. The molecule has 10 heteroatoms. The van der Waals surface area contributed by atoms with Gasteiger partial charge in [0.15, 0.2) is 6.10 Å². The third-order valence-electron chi connectivity index (χ3n) is 14.6. The lowest BCUT2D eigenvalue weighted by Gasteiger charge is -2.24. The van der Waals surface area contributed by atoms with Gasteiger partial charge in [0.2, 0.25) is 0 Å². The van der Waals surface area contributed by atoms with E-state index in [0.717, 1.165) is 83.5 Å². The van der Waals surface area contributed by atoms with Crippen LogP contribution in [0, 0.1) is 0 Å². The SMILES string of the molecule is CC/C=C\C/C=C\C/C=C\C/C=C\C/C=C\C/C=C\C/C=C\C/C=C\CCCCCCCCCCCCCCCCCCC(=O)OC(COC(=O)CCCCCCCCCCCCCCCCCCC)COP(=O)(O)OCC[N+](C)(C)C. The maximum Gasteiger partial charge on any atom is 0.472 e. The van der Waals surface area contributed by atoms with Gasteiger partial charge in [-0.25, -0.2) is 4.57 Å². The fourth-order valence-electron chi connectivity index (χ4n) is 9.45. The van der Waals surface area contributed by atoms with Crippen molar-refractivity contribution in [3.8, 4) is 0 Å². The molecule has 82 heavy (non-hydrogen) atoms. The molecule has 0 rings (SSSR count). The van der Waals surface area contributed by atoms with E-state index in [-0.39, 0.29) is 25.6 Å². The van der Waals surface area contributed by atoms with Crippen LogP contribution in [0.25, 0.3) is 0 Å². The van der Waals surface area contributed by atoms with Gasteiger partial charge in [0.1, 0.15) is 19.8 Å². The van der Waals surface area contributed by atoms with Gasteiger partial charge in [-0.2, -0.15) is 0 Å². The van der Waals surface area contributed by atoms with Gasteiger partial charge in [0.05, 0.1) is 27.7 Å². The van der Waals surface area contributed by atoms with Crippen molar-refractivity contribution in [2.24, 2.45) is 0 Å². The molecule has 0 amide bonds. The zero-order valence-electron chi connectivity index (χ0n) is 54.0. The van der Waals surface area contributed by atoms with Crippen molar-refractivity contribution in [2.75, 3.05) is 47.5 Å². The third kappa shape index (κ3) is 66.1. The minimum atomic E-state index is -4.39. The summed E-state index contributed by atoms with van der Waals surface area (Å²) in [6.07, 6.45) is 86.5. The summed E-state index contributed by atoms with van der Waals surface area (Å²) in [5, 5.41) is 0. The molecule has 0 bridgehead atoms. The van der Waals surface area contributed by atoms with E-state index in [9.17, 15) is 19.0 Å². The number of quaternary nitrogens is 1. The zero-order chi connectivity index (χ0) is 59.8. The second kappa shape index (κ2) is 62.5. The van der Waals surface area contributed by atoms with Crippen LogP contribution >= 0.6 is 7.82 Å². The summed E-state index contributed by atoms with van der Waals surface area (Å²) in [5.74, 6) is -0.786. The predicted molar refractivity (Wildman–Crippen MR) is 353 cm³/mol. The highest BCUT2D eigenvalue weighted by molar-refractivity contribution is 7.47. The number of phosphoric ester groups is 1. The van der Waals surface area contributed by atoms with Crippen molar-refractivity contribution in [3.05, 3.63) is 97.2 Å². The number of allylic oxidation sites excluding steroid dienone is 16. The van der Waals surface area contributed by atoms with Crippen molar-refractivity contribution < 1.29 is 42.1 Å². The number of ether oxygens (including phenoxy) is 2. The molecule has 0 aromatic rings. The quantitative estimate of drug-likeness (QED) is 0.0211. The van der Waals surface area contributed by atoms with E-state index in [4.69, 9.17) is 18.5 Å². The van der Waals surface area contributed by atoms with Crippen LogP contribution in [-0.4, -0.2) is 74.9 Å². The second-order valence-corrected chi connectivity index (χ2v) is 25.3. The minimum Gasteiger partial charge on any atom is -0.462 e. The molecule has 0 saturated heterocycles. The van der Waals surface area contributed by atoms with Gasteiger partial charge < -0.3 is 18.9 Å². The topological polar surface area (TPSA) is 108 Å². The molecule has 0 fully saturated rings. The van der Waals surface area contributed by atoms with E-state index < -0.39 is 26.5 Å². The molecule has 0 radical (unpaired) electrons. The van der Waals surface area contributed by atoms with E-state index in [2.05, 4.69) is 111 Å². The smallest absolute Gasteiger partial charge is 0.462 e. The van der Waals surface area contributed by atoms with E-state index in [0.29, 0.717) is 23.9 Å². The van der Waals surface area contributed by atoms with E-state index >= 15 is 0 Å². The van der Waals surface area contributed by atoms with E-state index in [1.165, 1.54) is 180 Å². The van der Waals surface area contributed by atoms with Crippen molar-refractivity contribution in [2.45, 2.75) is 302 Å². The summed E-state index contributed by atoms with van der Waals surface area (Å²) in [7, 11) is 1.48. The Morgan fingerprint density at radius 3 is 1.04 bits per heavy atom. The first kappa shape index (κ1) is 78.9. The van der Waals surface area contributed by atoms with Gasteiger partial charge in [0, 0.05) is 12.8 Å². The van der Waals surface area contributed by atoms with Gasteiger partial charge in [-0.1, -0.05) is 304 Å². The molecule has 2 unspecified atom stereocenters. The molecule has 0 aromatic carbocycles. The molecule has 0 spiro atoms. The summed E-state index contributed by atoms with van der Waals surface area (Å²) in [5.41, 5.74) is 0. The Morgan fingerprint density at radius 1 is 0.390 bits per heavy atom. The highest BCUT2D eigenvalue weighted by Gasteiger charge is 2.27. The van der Waals surface area contributed by atoms with E-state index in [1.54, 1.807) is 0 Å². The number of nitrogens with zero attached hydrogens (tertiary/aromatic N) is 1. The fourth-order valence-corrected chi connectivity index (χ4v) is 10.2. The van der Waals surface area contributed by atoms with Crippen LogP contribution in [0.5, 0.6) is 0 Å². The molecular weight excluding hydrogens is 1040 g/mol. The maximum absolute atomic E-state index is 12.9. The first-order chi connectivity index (χ1) is 40.0. The van der Waals surface area contributed by atoms with Gasteiger partial charge in [-0.3, -0.25) is 18.6 Å². The average Bonchev–Trinajstić information content (AvgIpc) is 3.45. The van der Waals surface area contributed by atoms with Crippen LogP contribution in [0.2, 0.25) is 0 Å². The number of rotatable bonds is 62. The molecule has 2 atom stereocenters. The average molecular weight is 1170 g/mol. The molecule has 9 nitrogen and oxygen atoms in total. The minimum absolute atomic E-state index is 0.0314. The zero-order valence-corrected chi connectivity index (χ0v) is 54.8. The summed E-state index contributed by atoms with van der Waals surface area (Å²) in [6, 6.07) is 0. The lowest BCUT2D eigenvalue weighted by molar-refractivity contribution is -0.870. The van der Waals surface area contributed by atoms with Crippen molar-refractivity contribution in [1.29, 1.82) is 0 Å². The van der Waals surface area contributed by atoms with Crippen LogP contribution in [-0.2, 0) is 32.7 Å². The van der Waals surface area contributed by atoms with Crippen molar-refractivity contribution in [1.82, 2.24) is 0 Å². The molecule has 0 heterocycles. The molecule has 1 N–H and O–H groups in total. The highest BCUT2D eigenvalue weighted by atomic mass is 31.2. The lowest BCUT2D eigenvalue weighted by Crippen LogP contribution is -2.37. The highest BCUT2D eigenvalue weighted by Crippen LogP contribution is 2.43. The molecule has 0 aliphatic rings. The number of hydrogen-bond donors (Lipinski definition) is 1. The summed E-state index contributed by atoms with van der Waals surface area (Å²) in [4.78, 5) is 35.8. The predicted octanol–water partition coefficient (Wildman–Crippen LogP) is 21.9. The van der Waals surface area contributed by atoms with Crippen LogP contribution in [0.3, 0.4) is 0 Å². The van der Waals surface area contributed by atoms with Crippen LogP contribution < -0.4 is 0 Å². The van der Waals surface area contributed by atoms with Gasteiger partial charge >= 0.3 is 19.8 Å². The first-order valence-corrected chi connectivity index (χ1v) is 35.5. The van der Waals surface area contributed by atoms with Crippen LogP contribution in [0.15, 0.2) is 97.2 Å². The molecule has 0 saturated carbocycles. The number of unbranched alkanes of at least 4 members (excludes halogenated alkanes) is 32. The normalized spacial score (nSPS) is 13.8. The van der Waals surface area contributed by atoms with Gasteiger partial charge in [-0.15, -0.1) is 0 Å². The fraction of sp³-hybridized carbons (Fsp3) is 0.750. The Balaban J connectivity index is 3.98. The number of phosphoric acid groups is 1. The summed E-state index contributed by atoms with van der Waals surface area (Å²) in [6.45, 7) is 4.35. The number of carbonyl (C=O) groups is 2. The Bertz CT molecular complexity index is 1710. The third-order valence-corrected chi connectivity index (χ3v) is 15.6. The maximum atomic E-state index is 12.9. The Kier molecular flexibility index (Phi) is 60.1. The van der Waals surface area contributed by atoms with Crippen LogP contribution in [0.1, 0.15) is 296 Å². The van der Waals surface area contributed by atoms with E-state index in [1.807, 2.05) is 21.1 Å².